The molecule has 0 aliphatic rings. The Labute approximate surface area is 235 Å². The Morgan fingerprint density at radius 1 is 0.683 bits per heavy atom. The standard InChI is InChI=1S/C32H25N3O6/c1-39-28-17-15-22(18-29(28)40-2)32(38)41-27-16-14-21-9-3-5-11-23(21)25(27)19-33-35-31(37)30(36)34-26-13-7-10-20-8-4-6-12-24(20)26/h3-19H,1-2H3,(H,34,36)(H,35,37)/b33-19-. The third-order valence-corrected chi connectivity index (χ3v) is 6.36. The highest BCUT2D eigenvalue weighted by Gasteiger charge is 2.17. The average molecular weight is 548 g/mol. The van der Waals surface area contributed by atoms with Gasteiger partial charge in [0, 0.05) is 16.6 Å². The lowest BCUT2D eigenvalue weighted by Crippen LogP contribution is -2.32. The van der Waals surface area contributed by atoms with E-state index in [0.29, 0.717) is 22.7 Å². The summed E-state index contributed by atoms with van der Waals surface area (Å²) < 4.78 is 16.2. The lowest BCUT2D eigenvalue weighted by molar-refractivity contribution is -0.136. The van der Waals surface area contributed by atoms with Gasteiger partial charge >= 0.3 is 17.8 Å². The van der Waals surface area contributed by atoms with Crippen molar-refractivity contribution in [2.45, 2.75) is 0 Å². The van der Waals surface area contributed by atoms with E-state index in [1.807, 2.05) is 54.6 Å². The van der Waals surface area contributed by atoms with Crippen LogP contribution in [0, 0.1) is 0 Å². The number of carbonyl (C=O) groups excluding carboxylic acids is 3. The van der Waals surface area contributed by atoms with Gasteiger partial charge in [-0.2, -0.15) is 5.10 Å². The quantitative estimate of drug-likeness (QED) is 0.0937. The van der Waals surface area contributed by atoms with Crippen LogP contribution in [0.5, 0.6) is 17.2 Å². The smallest absolute Gasteiger partial charge is 0.343 e. The van der Waals surface area contributed by atoms with E-state index in [-0.39, 0.29) is 11.3 Å². The fourth-order valence-corrected chi connectivity index (χ4v) is 4.34. The maximum absolute atomic E-state index is 13.0. The number of rotatable bonds is 7. The molecule has 0 atom stereocenters. The molecule has 5 rings (SSSR count). The van der Waals surface area contributed by atoms with Crippen molar-refractivity contribution in [1.82, 2.24) is 5.43 Å². The third-order valence-electron chi connectivity index (χ3n) is 6.36. The predicted octanol–water partition coefficient (Wildman–Crippen LogP) is 5.32. The second-order valence-electron chi connectivity index (χ2n) is 8.84. The summed E-state index contributed by atoms with van der Waals surface area (Å²) in [6, 6.07) is 28.5. The number of hydrazone groups is 1. The summed E-state index contributed by atoms with van der Waals surface area (Å²) in [6.45, 7) is 0. The molecular weight excluding hydrogens is 522 g/mol. The van der Waals surface area contributed by atoms with Crippen molar-refractivity contribution in [2.24, 2.45) is 5.10 Å². The molecule has 41 heavy (non-hydrogen) atoms. The van der Waals surface area contributed by atoms with Crippen LogP contribution in [0.25, 0.3) is 21.5 Å². The predicted molar refractivity (Wildman–Crippen MR) is 157 cm³/mol. The fraction of sp³-hybridized carbons (Fsp3) is 0.0625. The number of fused-ring (bicyclic) bond motifs is 2. The van der Waals surface area contributed by atoms with Gasteiger partial charge in [0.05, 0.1) is 26.0 Å². The molecule has 5 aromatic carbocycles. The number of benzene rings is 5. The Hall–Kier alpha value is -5.70. The van der Waals surface area contributed by atoms with Crippen LogP contribution in [-0.4, -0.2) is 38.2 Å². The number of anilines is 1. The molecule has 0 unspecified atom stereocenters. The maximum atomic E-state index is 13.0. The van der Waals surface area contributed by atoms with Crippen molar-refractivity contribution >= 4 is 51.2 Å². The number of ether oxygens (including phenoxy) is 3. The molecule has 204 valence electrons. The molecule has 9 heteroatoms. The zero-order chi connectivity index (χ0) is 28.8. The molecule has 0 fully saturated rings. The molecule has 0 saturated heterocycles. The van der Waals surface area contributed by atoms with Gasteiger partial charge in [0.2, 0.25) is 0 Å². The van der Waals surface area contributed by atoms with Crippen LogP contribution in [0.1, 0.15) is 15.9 Å². The molecule has 0 aromatic heterocycles. The molecule has 0 radical (unpaired) electrons. The first-order valence-corrected chi connectivity index (χ1v) is 12.6. The number of hydrogen-bond acceptors (Lipinski definition) is 7. The molecule has 2 amide bonds. The highest BCUT2D eigenvalue weighted by atomic mass is 16.5. The Balaban J connectivity index is 1.36. The number of nitrogens with one attached hydrogen (secondary N) is 2. The van der Waals surface area contributed by atoms with Crippen molar-refractivity contribution in [3.63, 3.8) is 0 Å². The Morgan fingerprint density at radius 2 is 1.34 bits per heavy atom. The summed E-state index contributed by atoms with van der Waals surface area (Å²) in [5.74, 6) is -1.40. The molecule has 0 aliphatic carbocycles. The van der Waals surface area contributed by atoms with Crippen LogP contribution in [0.15, 0.2) is 102 Å². The molecular formula is C32H25N3O6. The van der Waals surface area contributed by atoms with Crippen molar-refractivity contribution in [3.8, 4) is 17.2 Å². The second kappa shape index (κ2) is 12.0. The van der Waals surface area contributed by atoms with E-state index in [2.05, 4.69) is 15.8 Å². The van der Waals surface area contributed by atoms with Gasteiger partial charge < -0.3 is 19.5 Å². The summed E-state index contributed by atoms with van der Waals surface area (Å²) in [4.78, 5) is 38.2. The molecule has 2 N–H and O–H groups in total. The summed E-state index contributed by atoms with van der Waals surface area (Å²) in [7, 11) is 2.98. The van der Waals surface area contributed by atoms with E-state index in [9.17, 15) is 14.4 Å². The van der Waals surface area contributed by atoms with E-state index in [4.69, 9.17) is 14.2 Å². The fourth-order valence-electron chi connectivity index (χ4n) is 4.34. The topological polar surface area (TPSA) is 115 Å². The lowest BCUT2D eigenvalue weighted by atomic mass is 10.0. The largest absolute Gasteiger partial charge is 0.493 e. The molecule has 0 aliphatic heterocycles. The number of hydrogen-bond donors (Lipinski definition) is 2. The summed E-state index contributed by atoms with van der Waals surface area (Å²) in [5.41, 5.74) is 3.44. The Bertz CT molecular complexity index is 1810. The minimum Gasteiger partial charge on any atom is -0.493 e. The first-order valence-electron chi connectivity index (χ1n) is 12.6. The third kappa shape index (κ3) is 5.84. The first kappa shape index (κ1) is 26.9. The minimum absolute atomic E-state index is 0.210. The van der Waals surface area contributed by atoms with E-state index >= 15 is 0 Å². The number of carbonyl (C=O) groups is 3. The average Bonchev–Trinajstić information content (AvgIpc) is 3.01. The zero-order valence-electron chi connectivity index (χ0n) is 22.2. The van der Waals surface area contributed by atoms with Crippen molar-refractivity contribution in [1.29, 1.82) is 0 Å². The van der Waals surface area contributed by atoms with Gasteiger partial charge in [-0.05, 0) is 46.5 Å². The van der Waals surface area contributed by atoms with Gasteiger partial charge in [0.25, 0.3) is 0 Å². The van der Waals surface area contributed by atoms with Gasteiger partial charge in [-0.1, -0.05) is 66.7 Å². The van der Waals surface area contributed by atoms with Crippen LogP contribution in [0.2, 0.25) is 0 Å². The summed E-state index contributed by atoms with van der Waals surface area (Å²) in [5, 5.41) is 9.93. The highest BCUT2D eigenvalue weighted by Crippen LogP contribution is 2.30. The van der Waals surface area contributed by atoms with E-state index < -0.39 is 17.8 Å². The van der Waals surface area contributed by atoms with Gasteiger partial charge in [-0.15, -0.1) is 0 Å². The molecule has 0 bridgehead atoms. The molecule has 9 nitrogen and oxygen atoms in total. The minimum atomic E-state index is -0.960. The van der Waals surface area contributed by atoms with Gasteiger partial charge in [-0.3, -0.25) is 9.59 Å². The van der Waals surface area contributed by atoms with Crippen molar-refractivity contribution in [3.05, 3.63) is 108 Å². The zero-order valence-corrected chi connectivity index (χ0v) is 22.2. The van der Waals surface area contributed by atoms with Crippen molar-refractivity contribution < 1.29 is 28.6 Å². The highest BCUT2D eigenvalue weighted by molar-refractivity contribution is 6.40. The Morgan fingerprint density at radius 3 is 2.10 bits per heavy atom. The summed E-state index contributed by atoms with van der Waals surface area (Å²) in [6.07, 6.45) is 1.34. The number of methoxy groups -OCH3 is 2. The van der Waals surface area contributed by atoms with Gasteiger partial charge in [-0.25, -0.2) is 10.2 Å². The van der Waals surface area contributed by atoms with Crippen LogP contribution >= 0.6 is 0 Å². The second-order valence-corrected chi connectivity index (χ2v) is 8.84. The number of esters is 1. The van der Waals surface area contributed by atoms with Crippen LogP contribution in [0.3, 0.4) is 0 Å². The first-order chi connectivity index (χ1) is 20.0. The monoisotopic (exact) mass is 547 g/mol. The van der Waals surface area contributed by atoms with Crippen LogP contribution in [0.4, 0.5) is 5.69 Å². The molecule has 0 saturated carbocycles. The molecule has 5 aromatic rings. The number of nitrogens with zero attached hydrogens (tertiary/aromatic N) is 1. The Kier molecular flexibility index (Phi) is 7.87. The van der Waals surface area contributed by atoms with E-state index in [1.165, 1.54) is 26.5 Å². The normalized spacial score (nSPS) is 10.9. The SMILES string of the molecule is COc1ccc(C(=O)Oc2ccc3ccccc3c2/C=N\NC(=O)C(=O)Nc2cccc3ccccc23)cc1OC. The van der Waals surface area contributed by atoms with Crippen LogP contribution in [-0.2, 0) is 9.59 Å². The molecule has 0 heterocycles. The van der Waals surface area contributed by atoms with E-state index in [0.717, 1.165) is 21.5 Å². The number of amides is 2. The maximum Gasteiger partial charge on any atom is 0.343 e. The van der Waals surface area contributed by atoms with Gasteiger partial charge in [0.1, 0.15) is 5.75 Å². The summed E-state index contributed by atoms with van der Waals surface area (Å²) >= 11 is 0. The van der Waals surface area contributed by atoms with Crippen molar-refractivity contribution in [2.75, 3.05) is 19.5 Å². The molecule has 0 spiro atoms. The lowest BCUT2D eigenvalue weighted by Gasteiger charge is -2.12. The van der Waals surface area contributed by atoms with Gasteiger partial charge in [0.15, 0.2) is 11.5 Å². The van der Waals surface area contributed by atoms with Crippen LogP contribution < -0.4 is 25.0 Å². The van der Waals surface area contributed by atoms with E-state index in [1.54, 1.807) is 36.4 Å².